The van der Waals surface area contributed by atoms with Gasteiger partial charge in [0, 0.05) is 55.7 Å². The molecule has 0 atom stereocenters. The summed E-state index contributed by atoms with van der Waals surface area (Å²) in [6, 6.07) is 15.4. The second-order valence-electron chi connectivity index (χ2n) is 11.0. The summed E-state index contributed by atoms with van der Waals surface area (Å²) < 4.78 is 37.3. The second kappa shape index (κ2) is 12.9. The minimum atomic E-state index is -3.77. The minimum Gasteiger partial charge on any atom is -0.494 e. The van der Waals surface area contributed by atoms with Gasteiger partial charge in [-0.3, -0.25) is 14.7 Å². The summed E-state index contributed by atoms with van der Waals surface area (Å²) in [5.41, 5.74) is 4.51. The van der Waals surface area contributed by atoms with Crippen LogP contribution in [0.1, 0.15) is 50.5 Å². The van der Waals surface area contributed by atoms with E-state index >= 15 is 0 Å². The topological polar surface area (TPSA) is 101 Å². The van der Waals surface area contributed by atoms with E-state index in [2.05, 4.69) is 31.6 Å². The standard InChI is InChI=1S/C31H40N4O5S/c1-6-39-28-17-23(16-25(18-28)26-19-29(40-7-2)21-32-20-26)22-34-12-14-35(15-13-34)27-10-8-24(9-11-27)30(36)33-41(37,38)31(3,4)5/h8-11,16-21H,6-7,12-15,22H2,1-5H3,(H,33,36). The highest BCUT2D eigenvalue weighted by molar-refractivity contribution is 7.91. The van der Waals surface area contributed by atoms with E-state index in [4.69, 9.17) is 9.47 Å². The Hall–Kier alpha value is -3.63. The Balaban J connectivity index is 1.39. The van der Waals surface area contributed by atoms with Crippen molar-refractivity contribution in [3.63, 3.8) is 0 Å². The highest BCUT2D eigenvalue weighted by atomic mass is 32.2. The normalized spacial score (nSPS) is 14.5. The Labute approximate surface area is 243 Å². The molecule has 1 N–H and O–H groups in total. The van der Waals surface area contributed by atoms with E-state index in [0.29, 0.717) is 18.8 Å². The number of anilines is 1. The predicted molar refractivity (Wildman–Crippen MR) is 162 cm³/mol. The first-order valence-corrected chi connectivity index (χ1v) is 15.5. The van der Waals surface area contributed by atoms with Crippen LogP contribution in [0.5, 0.6) is 11.5 Å². The van der Waals surface area contributed by atoms with Gasteiger partial charge in [-0.2, -0.15) is 0 Å². The fourth-order valence-corrected chi connectivity index (χ4v) is 5.24. The van der Waals surface area contributed by atoms with Crippen LogP contribution in [0.15, 0.2) is 60.9 Å². The van der Waals surface area contributed by atoms with Gasteiger partial charge in [0.25, 0.3) is 5.91 Å². The molecule has 3 aromatic rings. The zero-order valence-corrected chi connectivity index (χ0v) is 25.3. The number of sulfonamides is 1. The van der Waals surface area contributed by atoms with Crippen molar-refractivity contribution in [2.75, 3.05) is 44.3 Å². The zero-order chi connectivity index (χ0) is 29.6. The van der Waals surface area contributed by atoms with E-state index in [1.54, 1.807) is 39.1 Å². The summed E-state index contributed by atoms with van der Waals surface area (Å²) in [7, 11) is -3.77. The molecule has 0 unspecified atom stereocenters. The molecule has 0 bridgehead atoms. The molecule has 1 aliphatic rings. The van der Waals surface area contributed by atoms with Crippen LogP contribution in [0.2, 0.25) is 0 Å². The number of hydrogen-bond donors (Lipinski definition) is 1. The van der Waals surface area contributed by atoms with Crippen LogP contribution in [-0.4, -0.2) is 68.3 Å². The molecule has 1 amide bonds. The van der Waals surface area contributed by atoms with Crippen molar-refractivity contribution in [1.82, 2.24) is 14.6 Å². The van der Waals surface area contributed by atoms with Gasteiger partial charge in [-0.25, -0.2) is 13.1 Å². The molecule has 0 spiro atoms. The number of piperazine rings is 1. The van der Waals surface area contributed by atoms with Crippen LogP contribution in [0.3, 0.4) is 0 Å². The van der Waals surface area contributed by atoms with E-state index in [1.807, 2.05) is 44.3 Å². The van der Waals surface area contributed by atoms with E-state index < -0.39 is 20.7 Å². The van der Waals surface area contributed by atoms with Gasteiger partial charge in [0.1, 0.15) is 11.5 Å². The first-order valence-electron chi connectivity index (χ1n) is 14.0. The maximum Gasteiger partial charge on any atom is 0.264 e. The van der Waals surface area contributed by atoms with Crippen molar-refractivity contribution in [1.29, 1.82) is 0 Å². The fourth-order valence-electron chi connectivity index (χ4n) is 4.57. The van der Waals surface area contributed by atoms with Crippen molar-refractivity contribution < 1.29 is 22.7 Å². The smallest absolute Gasteiger partial charge is 0.264 e. The van der Waals surface area contributed by atoms with E-state index in [9.17, 15) is 13.2 Å². The van der Waals surface area contributed by atoms with Crippen LogP contribution in [0, 0.1) is 0 Å². The first kappa shape index (κ1) is 30.3. The Bertz CT molecular complexity index is 1440. The van der Waals surface area contributed by atoms with Gasteiger partial charge in [0.05, 0.1) is 24.2 Å². The van der Waals surface area contributed by atoms with Gasteiger partial charge in [0.15, 0.2) is 0 Å². The van der Waals surface area contributed by atoms with Crippen molar-refractivity contribution >= 4 is 21.6 Å². The Morgan fingerprint density at radius 2 is 1.51 bits per heavy atom. The van der Waals surface area contributed by atoms with Gasteiger partial charge >= 0.3 is 0 Å². The minimum absolute atomic E-state index is 0.312. The number of hydrogen-bond acceptors (Lipinski definition) is 8. The van der Waals surface area contributed by atoms with Gasteiger partial charge in [-0.05, 0) is 94.3 Å². The zero-order valence-electron chi connectivity index (χ0n) is 24.5. The van der Waals surface area contributed by atoms with Crippen LogP contribution in [0.4, 0.5) is 5.69 Å². The van der Waals surface area contributed by atoms with Gasteiger partial charge in [-0.1, -0.05) is 0 Å². The fraction of sp³-hybridized carbons (Fsp3) is 0.419. The number of aromatic nitrogens is 1. The van der Waals surface area contributed by atoms with Crippen LogP contribution >= 0.6 is 0 Å². The lowest BCUT2D eigenvalue weighted by atomic mass is 10.0. The average Bonchev–Trinajstić information content (AvgIpc) is 2.93. The summed E-state index contributed by atoms with van der Waals surface area (Å²) in [6.45, 7) is 14.0. The molecule has 41 heavy (non-hydrogen) atoms. The Kier molecular flexibility index (Phi) is 9.55. The molecule has 1 aromatic heterocycles. The number of benzene rings is 2. The third kappa shape index (κ3) is 7.77. The Morgan fingerprint density at radius 3 is 2.15 bits per heavy atom. The molecule has 2 aromatic carbocycles. The van der Waals surface area contributed by atoms with E-state index in [1.165, 1.54) is 5.56 Å². The predicted octanol–water partition coefficient (Wildman–Crippen LogP) is 4.73. The van der Waals surface area contributed by atoms with Gasteiger partial charge in [0.2, 0.25) is 10.0 Å². The van der Waals surface area contributed by atoms with Crippen molar-refractivity contribution in [2.24, 2.45) is 0 Å². The Morgan fingerprint density at radius 1 is 0.878 bits per heavy atom. The molecule has 0 radical (unpaired) electrons. The molecular weight excluding hydrogens is 540 g/mol. The van der Waals surface area contributed by atoms with E-state index in [-0.39, 0.29) is 0 Å². The number of ether oxygens (including phenoxy) is 2. The van der Waals surface area contributed by atoms with Crippen LogP contribution in [-0.2, 0) is 16.6 Å². The molecule has 9 nitrogen and oxygen atoms in total. The number of rotatable bonds is 10. The summed E-state index contributed by atoms with van der Waals surface area (Å²) in [6.07, 6.45) is 3.56. The summed E-state index contributed by atoms with van der Waals surface area (Å²) in [5, 5.41) is 0. The average molecular weight is 581 g/mol. The lowest BCUT2D eigenvalue weighted by Crippen LogP contribution is -2.46. The highest BCUT2D eigenvalue weighted by Gasteiger charge is 2.31. The SMILES string of the molecule is CCOc1cncc(-c2cc(CN3CCN(c4ccc(C(=O)NS(=O)(=O)C(C)(C)C)cc4)CC3)cc(OCC)c2)c1. The summed E-state index contributed by atoms with van der Waals surface area (Å²) in [4.78, 5) is 21.5. The maximum atomic E-state index is 12.5. The maximum absolute atomic E-state index is 12.5. The van der Waals surface area contributed by atoms with Gasteiger partial charge < -0.3 is 14.4 Å². The van der Waals surface area contributed by atoms with Crippen molar-refractivity contribution in [3.8, 4) is 22.6 Å². The molecule has 2 heterocycles. The number of carbonyl (C=O) groups is 1. The first-order chi connectivity index (χ1) is 19.5. The van der Waals surface area contributed by atoms with Gasteiger partial charge in [-0.15, -0.1) is 0 Å². The number of carbonyl (C=O) groups excluding carboxylic acids is 1. The molecule has 1 fully saturated rings. The number of nitrogens with zero attached hydrogens (tertiary/aromatic N) is 3. The number of nitrogens with one attached hydrogen (secondary N) is 1. The second-order valence-corrected chi connectivity index (χ2v) is 13.4. The molecule has 1 saturated heterocycles. The van der Waals surface area contributed by atoms with Crippen LogP contribution in [0.25, 0.3) is 11.1 Å². The quantitative estimate of drug-likeness (QED) is 0.368. The van der Waals surface area contributed by atoms with Crippen molar-refractivity contribution in [3.05, 3.63) is 72.1 Å². The lowest BCUT2D eigenvalue weighted by Gasteiger charge is -2.36. The number of pyridine rings is 1. The highest BCUT2D eigenvalue weighted by Crippen LogP contribution is 2.29. The van der Waals surface area contributed by atoms with Crippen molar-refractivity contribution in [2.45, 2.75) is 45.9 Å². The molecule has 10 heteroatoms. The van der Waals surface area contributed by atoms with E-state index in [0.717, 1.165) is 61.0 Å². The molecule has 1 aliphatic heterocycles. The monoisotopic (exact) mass is 580 g/mol. The summed E-state index contributed by atoms with van der Waals surface area (Å²) >= 11 is 0. The molecule has 0 aliphatic carbocycles. The third-order valence-corrected chi connectivity index (χ3v) is 9.01. The number of amides is 1. The third-order valence-electron chi connectivity index (χ3n) is 6.94. The summed E-state index contributed by atoms with van der Waals surface area (Å²) in [5.74, 6) is 0.957. The molecule has 220 valence electrons. The lowest BCUT2D eigenvalue weighted by molar-refractivity contribution is 0.0980. The molecular formula is C31H40N4O5S. The molecule has 4 rings (SSSR count). The van der Waals surface area contributed by atoms with Crippen LogP contribution < -0.4 is 19.1 Å². The largest absolute Gasteiger partial charge is 0.494 e. The molecule has 0 saturated carbocycles.